The molecule has 3 atom stereocenters. The number of nitrogens with zero attached hydrogens (tertiary/aromatic N) is 1. The molecule has 4 rings (SSSR count). The maximum absolute atomic E-state index is 13.7. The molecule has 2 aromatic rings. The van der Waals surface area contributed by atoms with E-state index in [9.17, 15) is 18.0 Å². The molecule has 0 aromatic heterocycles. The largest absolute Gasteiger partial charge is 0.471 e. The number of carbonyl (C=O) groups excluding carboxylic acids is 1. The highest BCUT2D eigenvalue weighted by Crippen LogP contribution is 2.49. The molecule has 0 spiro atoms. The number of hydrogen-bond acceptors (Lipinski definition) is 2. The molecule has 0 aliphatic heterocycles. The summed E-state index contributed by atoms with van der Waals surface area (Å²) in [5.41, 5.74) is 10.3. The Hall–Kier alpha value is -1.87. The van der Waals surface area contributed by atoms with Gasteiger partial charge in [0.2, 0.25) is 0 Å². The van der Waals surface area contributed by atoms with Crippen LogP contribution in [0.3, 0.4) is 0 Å². The minimum absolute atomic E-state index is 0.0289. The van der Waals surface area contributed by atoms with Crippen molar-refractivity contribution in [3.8, 4) is 0 Å². The molecule has 2 aliphatic carbocycles. The zero-order chi connectivity index (χ0) is 32.0. The first-order valence-electron chi connectivity index (χ1n) is 16.6. The molecule has 7 heteroatoms. The van der Waals surface area contributed by atoms with Gasteiger partial charge in [-0.25, -0.2) is 0 Å². The minimum atomic E-state index is -4.91. The summed E-state index contributed by atoms with van der Waals surface area (Å²) >= 11 is 2.24. The average Bonchev–Trinajstić information content (AvgIpc) is 3.72. The number of unbranched alkanes of at least 4 members (excludes halogenated alkanes) is 3. The Labute approximate surface area is 276 Å². The summed E-state index contributed by atoms with van der Waals surface area (Å²) in [6, 6.07) is 10.5. The predicted octanol–water partition coefficient (Wildman–Crippen LogP) is 10.4. The lowest BCUT2D eigenvalue weighted by Gasteiger charge is -2.26. The van der Waals surface area contributed by atoms with Crippen molar-refractivity contribution >= 4 is 34.1 Å². The third kappa shape index (κ3) is 8.28. The van der Waals surface area contributed by atoms with Crippen LogP contribution in [0.15, 0.2) is 35.9 Å². The lowest BCUT2D eigenvalue weighted by Crippen LogP contribution is -2.44. The average molecular weight is 724 g/mol. The number of aryl methyl sites for hydroxylation is 1. The number of halogens is 4. The summed E-state index contributed by atoms with van der Waals surface area (Å²) in [5.74, 6) is -1.55. The van der Waals surface area contributed by atoms with Crippen molar-refractivity contribution in [3.63, 3.8) is 0 Å². The van der Waals surface area contributed by atoms with E-state index in [2.05, 4.69) is 63.3 Å². The summed E-state index contributed by atoms with van der Waals surface area (Å²) in [4.78, 5) is 13.5. The van der Waals surface area contributed by atoms with Crippen LogP contribution in [-0.2, 0) is 28.8 Å². The number of ether oxygens (including phenoxy) is 1. The monoisotopic (exact) mass is 723 g/mol. The molecule has 242 valence electrons. The molecule has 0 bridgehead atoms. The lowest BCUT2D eigenvalue weighted by molar-refractivity contribution is -0.186. The van der Waals surface area contributed by atoms with Crippen molar-refractivity contribution in [2.45, 2.75) is 117 Å². The van der Waals surface area contributed by atoms with Crippen LogP contribution in [-0.4, -0.2) is 36.7 Å². The van der Waals surface area contributed by atoms with Crippen LogP contribution in [0.5, 0.6) is 0 Å². The van der Waals surface area contributed by atoms with Gasteiger partial charge in [-0.2, -0.15) is 13.2 Å². The SMILES string of the molecule is CCCCc1cc2c(c(CCCC)c1CCCC)C(C)=C(C)C2OCCN(C[C@@H]1C[C@H]1c1ccc(I)cc1)C(=O)C(F)(F)F. The Morgan fingerprint density at radius 2 is 1.57 bits per heavy atom. The Bertz CT molecular complexity index is 1320. The van der Waals surface area contributed by atoms with Crippen LogP contribution >= 0.6 is 22.6 Å². The van der Waals surface area contributed by atoms with Crippen molar-refractivity contribution in [2.24, 2.45) is 5.92 Å². The molecule has 0 radical (unpaired) electrons. The number of alkyl halides is 3. The van der Waals surface area contributed by atoms with Gasteiger partial charge in [-0.3, -0.25) is 4.79 Å². The first kappa shape index (κ1) is 35.0. The second kappa shape index (κ2) is 15.6. The van der Waals surface area contributed by atoms with Crippen molar-refractivity contribution in [3.05, 3.63) is 72.9 Å². The second-order valence-corrected chi connectivity index (χ2v) is 14.0. The summed E-state index contributed by atoms with van der Waals surface area (Å²) in [5, 5.41) is 0. The molecule has 0 N–H and O–H groups in total. The van der Waals surface area contributed by atoms with Gasteiger partial charge in [-0.05, 0) is 150 Å². The zero-order valence-electron chi connectivity index (χ0n) is 27.1. The maximum atomic E-state index is 13.7. The van der Waals surface area contributed by atoms with Crippen LogP contribution in [0.1, 0.15) is 125 Å². The van der Waals surface area contributed by atoms with Crippen molar-refractivity contribution < 1.29 is 22.7 Å². The van der Waals surface area contributed by atoms with E-state index in [0.717, 1.165) is 89.4 Å². The predicted molar refractivity (Wildman–Crippen MR) is 182 cm³/mol. The molecule has 0 saturated heterocycles. The van der Waals surface area contributed by atoms with Gasteiger partial charge in [-0.1, -0.05) is 58.2 Å². The number of hydrogen-bond donors (Lipinski definition) is 0. The highest BCUT2D eigenvalue weighted by atomic mass is 127. The quantitative estimate of drug-likeness (QED) is 0.161. The summed E-state index contributed by atoms with van der Waals surface area (Å²) in [7, 11) is 0. The highest BCUT2D eigenvalue weighted by Gasteiger charge is 2.46. The number of benzene rings is 2. The Kier molecular flexibility index (Phi) is 12.4. The first-order valence-corrected chi connectivity index (χ1v) is 17.7. The lowest BCUT2D eigenvalue weighted by atomic mass is 9.84. The fourth-order valence-corrected chi connectivity index (χ4v) is 7.19. The van der Waals surface area contributed by atoms with Crippen molar-refractivity contribution in [1.82, 2.24) is 4.90 Å². The Morgan fingerprint density at radius 3 is 2.18 bits per heavy atom. The Morgan fingerprint density at radius 1 is 0.955 bits per heavy atom. The van der Waals surface area contributed by atoms with Gasteiger partial charge in [0.15, 0.2) is 0 Å². The van der Waals surface area contributed by atoms with Gasteiger partial charge in [0.1, 0.15) is 6.10 Å². The second-order valence-electron chi connectivity index (χ2n) is 12.7. The third-order valence-corrected chi connectivity index (χ3v) is 10.2. The number of fused-ring (bicyclic) bond motifs is 1. The molecule has 0 heterocycles. The van der Waals surface area contributed by atoms with Gasteiger partial charge in [0, 0.05) is 16.7 Å². The molecule has 1 fully saturated rings. The van der Waals surface area contributed by atoms with Crippen LogP contribution in [0.4, 0.5) is 13.2 Å². The van der Waals surface area contributed by atoms with E-state index >= 15 is 0 Å². The van der Waals surface area contributed by atoms with Gasteiger partial charge >= 0.3 is 12.1 Å². The molecule has 1 amide bonds. The molecule has 2 aromatic carbocycles. The molecule has 1 unspecified atom stereocenters. The highest BCUT2D eigenvalue weighted by molar-refractivity contribution is 14.1. The molecule has 1 saturated carbocycles. The summed E-state index contributed by atoms with van der Waals surface area (Å²) in [6.45, 7) is 11.0. The normalized spacial score (nSPS) is 19.4. The van der Waals surface area contributed by atoms with Gasteiger partial charge < -0.3 is 9.64 Å². The Balaban J connectivity index is 1.55. The van der Waals surface area contributed by atoms with Crippen molar-refractivity contribution in [2.75, 3.05) is 19.7 Å². The third-order valence-electron chi connectivity index (χ3n) is 9.53. The zero-order valence-corrected chi connectivity index (χ0v) is 29.2. The van der Waals surface area contributed by atoms with Gasteiger partial charge in [-0.15, -0.1) is 0 Å². The van der Waals surface area contributed by atoms with Crippen LogP contribution in [0, 0.1) is 9.49 Å². The number of rotatable bonds is 16. The molecule has 3 nitrogen and oxygen atoms in total. The van der Waals surface area contributed by atoms with Gasteiger partial charge in [0.25, 0.3) is 0 Å². The van der Waals surface area contributed by atoms with E-state index in [0.29, 0.717) is 0 Å². The molecular formula is C37H49F3INO2. The van der Waals surface area contributed by atoms with Gasteiger partial charge in [0.05, 0.1) is 6.61 Å². The first-order chi connectivity index (χ1) is 21.0. The molecule has 44 heavy (non-hydrogen) atoms. The van der Waals surface area contributed by atoms with E-state index in [1.54, 1.807) is 0 Å². The fraction of sp³-hybridized carbons (Fsp3) is 0.595. The van der Waals surface area contributed by atoms with E-state index in [1.165, 1.54) is 27.8 Å². The number of amides is 1. The van der Waals surface area contributed by atoms with E-state index in [1.807, 2.05) is 24.3 Å². The smallest absolute Gasteiger partial charge is 0.367 e. The van der Waals surface area contributed by atoms with Crippen LogP contribution in [0.2, 0.25) is 0 Å². The minimum Gasteiger partial charge on any atom is -0.367 e. The van der Waals surface area contributed by atoms with E-state index in [-0.39, 0.29) is 37.6 Å². The van der Waals surface area contributed by atoms with Crippen LogP contribution < -0.4 is 0 Å². The number of carbonyl (C=O) groups is 1. The maximum Gasteiger partial charge on any atom is 0.471 e. The summed E-state index contributed by atoms with van der Waals surface area (Å²) in [6.07, 6.45) is 5.54. The van der Waals surface area contributed by atoms with E-state index in [4.69, 9.17) is 4.74 Å². The van der Waals surface area contributed by atoms with Crippen molar-refractivity contribution in [1.29, 1.82) is 0 Å². The molecule has 2 aliphatic rings. The number of allylic oxidation sites excluding steroid dienone is 1. The van der Waals surface area contributed by atoms with Crippen LogP contribution in [0.25, 0.3) is 5.57 Å². The van der Waals surface area contributed by atoms with E-state index < -0.39 is 12.1 Å². The summed E-state index contributed by atoms with van der Waals surface area (Å²) < 4.78 is 48.5. The standard InChI is InChI=1S/C37H49F3INO2/c1-6-9-12-27-21-33-34(31(14-11-8-3)30(27)13-10-7-2)24(4)25(5)35(33)44-20-19-42(36(43)37(38,39)40)23-28-22-32(28)26-15-17-29(41)18-16-26/h15-18,21,28,32,35H,6-14,19-20,22-23H2,1-5H3/t28-,32-,35?/m0/s1. The fourth-order valence-electron chi connectivity index (χ4n) is 6.83. The molecular weight excluding hydrogens is 674 g/mol. The topological polar surface area (TPSA) is 29.5 Å².